The summed E-state index contributed by atoms with van der Waals surface area (Å²) in [7, 11) is 3.25. The van der Waals surface area contributed by atoms with Crippen LogP contribution >= 0.6 is 22.9 Å². The third kappa shape index (κ3) is 5.11. The maximum absolute atomic E-state index is 12.9. The van der Waals surface area contributed by atoms with Gasteiger partial charge < -0.3 is 19.1 Å². The topological polar surface area (TPSA) is 60.9 Å². The second kappa shape index (κ2) is 9.58. The Kier molecular flexibility index (Phi) is 6.63. The molecule has 0 fully saturated rings. The average Bonchev–Trinajstić information content (AvgIpc) is 3.24. The molecule has 1 aliphatic rings. The SMILES string of the molecule is COc1cc2c(cc1OC)CN(C(=O)Cc1csc(COc3ccc(Cl)cc3)n1)CC2. The molecule has 31 heavy (non-hydrogen) atoms. The average molecular weight is 459 g/mol. The van der Waals surface area contributed by atoms with Crippen LogP contribution in [0.25, 0.3) is 0 Å². The lowest BCUT2D eigenvalue weighted by Crippen LogP contribution is -2.37. The molecule has 2 heterocycles. The number of benzene rings is 2. The second-order valence-corrected chi connectivity index (χ2v) is 8.57. The minimum absolute atomic E-state index is 0.0657. The number of halogens is 1. The number of rotatable bonds is 7. The van der Waals surface area contributed by atoms with Crippen molar-refractivity contribution in [2.75, 3.05) is 20.8 Å². The molecule has 1 aromatic heterocycles. The largest absolute Gasteiger partial charge is 0.493 e. The van der Waals surface area contributed by atoms with Crippen LogP contribution in [0.5, 0.6) is 17.2 Å². The summed E-state index contributed by atoms with van der Waals surface area (Å²) in [5.74, 6) is 2.20. The number of amides is 1. The summed E-state index contributed by atoms with van der Waals surface area (Å²) in [4.78, 5) is 19.3. The van der Waals surface area contributed by atoms with E-state index in [1.54, 1.807) is 26.4 Å². The Morgan fingerprint density at radius 3 is 2.55 bits per heavy atom. The first-order valence-corrected chi connectivity index (χ1v) is 11.1. The molecule has 8 heteroatoms. The Morgan fingerprint density at radius 2 is 1.84 bits per heavy atom. The molecule has 0 atom stereocenters. The predicted molar refractivity (Wildman–Crippen MR) is 120 cm³/mol. The third-order valence-corrected chi connectivity index (χ3v) is 6.30. The van der Waals surface area contributed by atoms with Gasteiger partial charge in [0.2, 0.25) is 5.91 Å². The highest BCUT2D eigenvalue weighted by molar-refractivity contribution is 7.09. The molecule has 4 rings (SSSR count). The summed E-state index contributed by atoms with van der Waals surface area (Å²) in [6.07, 6.45) is 1.07. The Morgan fingerprint density at radius 1 is 1.13 bits per heavy atom. The maximum Gasteiger partial charge on any atom is 0.228 e. The number of methoxy groups -OCH3 is 2. The zero-order chi connectivity index (χ0) is 21.8. The van der Waals surface area contributed by atoms with Gasteiger partial charge in [0, 0.05) is 23.5 Å². The smallest absolute Gasteiger partial charge is 0.228 e. The molecule has 6 nitrogen and oxygen atoms in total. The highest BCUT2D eigenvalue weighted by atomic mass is 35.5. The molecule has 0 saturated carbocycles. The molecule has 0 spiro atoms. The van der Waals surface area contributed by atoms with Crippen LogP contribution in [0.1, 0.15) is 21.8 Å². The number of aromatic nitrogens is 1. The van der Waals surface area contributed by atoms with Crippen LogP contribution in [0.2, 0.25) is 5.02 Å². The van der Waals surface area contributed by atoms with E-state index in [4.69, 9.17) is 25.8 Å². The molecule has 3 aromatic rings. The van der Waals surface area contributed by atoms with Gasteiger partial charge in [-0.2, -0.15) is 0 Å². The minimum Gasteiger partial charge on any atom is -0.493 e. The van der Waals surface area contributed by atoms with E-state index in [-0.39, 0.29) is 12.3 Å². The van der Waals surface area contributed by atoms with Crippen molar-refractivity contribution in [2.24, 2.45) is 0 Å². The van der Waals surface area contributed by atoms with Gasteiger partial charge in [-0.15, -0.1) is 11.3 Å². The van der Waals surface area contributed by atoms with Gasteiger partial charge in [-0.25, -0.2) is 4.98 Å². The van der Waals surface area contributed by atoms with Crippen LogP contribution in [-0.4, -0.2) is 36.6 Å². The fourth-order valence-electron chi connectivity index (χ4n) is 3.54. The predicted octanol–water partition coefficient (Wildman–Crippen LogP) is 4.52. The van der Waals surface area contributed by atoms with Crippen molar-refractivity contribution in [3.8, 4) is 17.2 Å². The minimum atomic E-state index is 0.0657. The Balaban J connectivity index is 1.35. The van der Waals surface area contributed by atoms with Crippen molar-refractivity contribution in [1.82, 2.24) is 9.88 Å². The van der Waals surface area contributed by atoms with E-state index in [9.17, 15) is 4.79 Å². The number of hydrogen-bond donors (Lipinski definition) is 0. The molecule has 0 radical (unpaired) electrons. The van der Waals surface area contributed by atoms with E-state index in [2.05, 4.69) is 4.98 Å². The lowest BCUT2D eigenvalue weighted by atomic mass is 9.98. The van der Waals surface area contributed by atoms with Crippen LogP contribution in [0.4, 0.5) is 0 Å². The molecule has 0 N–H and O–H groups in total. The quantitative estimate of drug-likeness (QED) is 0.521. The Hall–Kier alpha value is -2.77. The zero-order valence-electron chi connectivity index (χ0n) is 17.4. The first-order chi connectivity index (χ1) is 15.1. The van der Waals surface area contributed by atoms with Crippen molar-refractivity contribution >= 4 is 28.8 Å². The third-order valence-electron chi connectivity index (χ3n) is 5.18. The van der Waals surface area contributed by atoms with E-state index in [1.807, 2.05) is 34.5 Å². The number of carbonyl (C=O) groups excluding carboxylic acids is 1. The Bertz CT molecular complexity index is 1070. The molecular weight excluding hydrogens is 436 g/mol. The van der Waals surface area contributed by atoms with E-state index in [0.29, 0.717) is 30.5 Å². The van der Waals surface area contributed by atoms with Gasteiger partial charge in [0.25, 0.3) is 0 Å². The summed E-state index contributed by atoms with van der Waals surface area (Å²) in [6, 6.07) is 11.2. The van der Waals surface area contributed by atoms with Crippen LogP contribution in [0.15, 0.2) is 41.8 Å². The number of ether oxygens (including phenoxy) is 3. The summed E-state index contributed by atoms with van der Waals surface area (Å²) in [5.41, 5.74) is 3.05. The second-order valence-electron chi connectivity index (χ2n) is 7.19. The zero-order valence-corrected chi connectivity index (χ0v) is 19.0. The molecule has 1 amide bonds. The molecule has 2 aromatic carbocycles. The lowest BCUT2D eigenvalue weighted by molar-refractivity contribution is -0.131. The van der Waals surface area contributed by atoms with Crippen LogP contribution in [0.3, 0.4) is 0 Å². The van der Waals surface area contributed by atoms with Gasteiger partial charge in [0.15, 0.2) is 11.5 Å². The summed E-state index contributed by atoms with van der Waals surface area (Å²) in [5, 5.41) is 3.42. The molecule has 1 aliphatic heterocycles. The monoisotopic (exact) mass is 458 g/mol. The standard InChI is InChI=1S/C23H23ClN2O4S/c1-28-20-9-15-7-8-26(12-16(15)10-21(20)29-2)23(27)11-18-14-31-22(25-18)13-30-19-5-3-17(24)4-6-19/h3-6,9-10,14H,7-8,11-13H2,1-2H3. The molecule has 162 valence electrons. The fraction of sp³-hybridized carbons (Fsp3) is 0.304. The van der Waals surface area contributed by atoms with Crippen molar-refractivity contribution in [1.29, 1.82) is 0 Å². The van der Waals surface area contributed by atoms with Gasteiger partial charge >= 0.3 is 0 Å². The number of hydrogen-bond acceptors (Lipinski definition) is 6. The van der Waals surface area contributed by atoms with E-state index in [1.165, 1.54) is 16.9 Å². The van der Waals surface area contributed by atoms with Crippen molar-refractivity contribution in [3.63, 3.8) is 0 Å². The first-order valence-electron chi connectivity index (χ1n) is 9.89. The summed E-state index contributed by atoms with van der Waals surface area (Å²) < 4.78 is 16.5. The van der Waals surface area contributed by atoms with E-state index in [0.717, 1.165) is 34.2 Å². The van der Waals surface area contributed by atoms with Gasteiger partial charge in [-0.1, -0.05) is 11.6 Å². The molecule has 0 bridgehead atoms. The van der Waals surface area contributed by atoms with Gasteiger partial charge in [0.05, 0.1) is 26.3 Å². The van der Waals surface area contributed by atoms with E-state index >= 15 is 0 Å². The Labute approximate surface area is 190 Å². The maximum atomic E-state index is 12.9. The number of carbonyl (C=O) groups is 1. The van der Waals surface area contributed by atoms with E-state index < -0.39 is 0 Å². The van der Waals surface area contributed by atoms with Crippen molar-refractivity contribution in [3.05, 3.63) is 68.6 Å². The highest BCUT2D eigenvalue weighted by Gasteiger charge is 2.23. The molecule has 0 aliphatic carbocycles. The van der Waals surface area contributed by atoms with Gasteiger partial charge in [-0.05, 0) is 53.9 Å². The number of fused-ring (bicyclic) bond motifs is 1. The molecule has 0 saturated heterocycles. The first kappa shape index (κ1) is 21.5. The van der Waals surface area contributed by atoms with Crippen LogP contribution < -0.4 is 14.2 Å². The summed E-state index contributed by atoms with van der Waals surface area (Å²) >= 11 is 7.38. The lowest BCUT2D eigenvalue weighted by Gasteiger charge is -2.29. The summed E-state index contributed by atoms with van der Waals surface area (Å²) in [6.45, 7) is 1.60. The van der Waals surface area contributed by atoms with Gasteiger partial charge in [-0.3, -0.25) is 4.79 Å². The fourth-order valence-corrected chi connectivity index (χ4v) is 4.37. The van der Waals surface area contributed by atoms with Gasteiger partial charge in [0.1, 0.15) is 17.4 Å². The van der Waals surface area contributed by atoms with Crippen LogP contribution in [0, 0.1) is 0 Å². The number of nitrogens with zero attached hydrogens (tertiary/aromatic N) is 2. The van der Waals surface area contributed by atoms with Crippen LogP contribution in [-0.2, 0) is 30.8 Å². The van der Waals surface area contributed by atoms with Crippen molar-refractivity contribution < 1.29 is 19.0 Å². The highest BCUT2D eigenvalue weighted by Crippen LogP contribution is 2.33. The normalized spacial score (nSPS) is 12.9. The number of thiazole rings is 1. The molecule has 0 unspecified atom stereocenters. The molecular formula is C23H23ClN2O4S. The van der Waals surface area contributed by atoms with Crippen molar-refractivity contribution in [2.45, 2.75) is 26.0 Å².